The summed E-state index contributed by atoms with van der Waals surface area (Å²) in [7, 11) is 0. The number of fused-ring (bicyclic) bond motifs is 4. The van der Waals surface area contributed by atoms with Gasteiger partial charge in [-0.3, -0.25) is 0 Å². The van der Waals surface area contributed by atoms with E-state index in [-0.39, 0.29) is 6.04 Å². The van der Waals surface area contributed by atoms with Crippen LogP contribution in [0.25, 0.3) is 32.6 Å². The molecule has 0 spiro atoms. The van der Waals surface area contributed by atoms with E-state index in [1.807, 2.05) is 0 Å². The minimum Gasteiger partial charge on any atom is -0.355 e. The number of H-pyrrole nitrogens is 1. The normalized spacial score (nSPS) is 12.8. The van der Waals surface area contributed by atoms with Gasteiger partial charge in [0.15, 0.2) is 0 Å². The van der Waals surface area contributed by atoms with Crippen molar-refractivity contribution < 1.29 is 0 Å². The summed E-state index contributed by atoms with van der Waals surface area (Å²) >= 11 is 0. The lowest BCUT2D eigenvalue weighted by Gasteiger charge is -2.14. The van der Waals surface area contributed by atoms with Gasteiger partial charge in [0.25, 0.3) is 0 Å². The zero-order chi connectivity index (χ0) is 16.8. The van der Waals surface area contributed by atoms with Crippen LogP contribution >= 0.6 is 0 Å². The fourth-order valence-electron chi connectivity index (χ4n) is 3.65. The smallest absolute Gasteiger partial charge is 0.0552 e. The standard InChI is InChI=1S/C23H18N2/c24-23(17-10-9-15-5-1-2-6-16(15)13-17)18-11-12-22-20(14-18)19-7-3-4-8-21(19)25-22/h1-14,23,25H,24H2. The van der Waals surface area contributed by atoms with Gasteiger partial charge in [-0.1, -0.05) is 60.7 Å². The number of para-hydroxylation sites is 1. The highest BCUT2D eigenvalue weighted by molar-refractivity contribution is 6.07. The summed E-state index contributed by atoms with van der Waals surface area (Å²) in [6.45, 7) is 0. The van der Waals surface area contributed by atoms with Gasteiger partial charge in [0.2, 0.25) is 0 Å². The summed E-state index contributed by atoms with van der Waals surface area (Å²) in [4.78, 5) is 3.47. The fourth-order valence-corrected chi connectivity index (χ4v) is 3.65. The lowest BCUT2D eigenvalue weighted by Crippen LogP contribution is -2.11. The first-order valence-electron chi connectivity index (χ1n) is 8.54. The molecule has 0 fully saturated rings. The highest BCUT2D eigenvalue weighted by Gasteiger charge is 2.12. The molecular formula is C23H18N2. The second-order valence-corrected chi connectivity index (χ2v) is 6.56. The Balaban J connectivity index is 1.64. The molecule has 5 aromatic rings. The maximum Gasteiger partial charge on any atom is 0.0552 e. The number of benzene rings is 4. The number of hydrogen-bond donors (Lipinski definition) is 2. The molecule has 2 nitrogen and oxygen atoms in total. The Hall–Kier alpha value is -3.10. The number of rotatable bonds is 2. The maximum atomic E-state index is 6.60. The van der Waals surface area contributed by atoms with Crippen molar-refractivity contribution in [3.8, 4) is 0 Å². The molecule has 0 saturated heterocycles. The van der Waals surface area contributed by atoms with Gasteiger partial charge < -0.3 is 10.7 Å². The highest BCUT2D eigenvalue weighted by Crippen LogP contribution is 2.30. The second-order valence-electron chi connectivity index (χ2n) is 6.56. The molecule has 0 saturated carbocycles. The molecule has 0 radical (unpaired) electrons. The first kappa shape index (κ1) is 14.3. The number of nitrogens with two attached hydrogens (primary N) is 1. The third-order valence-electron chi connectivity index (χ3n) is 5.02. The van der Waals surface area contributed by atoms with Gasteiger partial charge in [-0.25, -0.2) is 0 Å². The van der Waals surface area contributed by atoms with Crippen LogP contribution in [0.3, 0.4) is 0 Å². The van der Waals surface area contributed by atoms with Gasteiger partial charge in [-0.2, -0.15) is 0 Å². The molecule has 0 bridgehead atoms. The molecule has 1 atom stereocenters. The van der Waals surface area contributed by atoms with Crippen molar-refractivity contribution in [2.45, 2.75) is 6.04 Å². The van der Waals surface area contributed by atoms with E-state index in [0.29, 0.717) is 0 Å². The topological polar surface area (TPSA) is 41.8 Å². The van der Waals surface area contributed by atoms with E-state index < -0.39 is 0 Å². The monoisotopic (exact) mass is 322 g/mol. The van der Waals surface area contributed by atoms with Gasteiger partial charge >= 0.3 is 0 Å². The third kappa shape index (κ3) is 2.31. The number of aromatic amines is 1. The largest absolute Gasteiger partial charge is 0.355 e. The summed E-state index contributed by atoms with van der Waals surface area (Å²) in [5.41, 5.74) is 11.2. The highest BCUT2D eigenvalue weighted by atomic mass is 14.7. The predicted molar refractivity (Wildman–Crippen MR) is 106 cm³/mol. The fraction of sp³-hybridized carbons (Fsp3) is 0.0435. The van der Waals surface area contributed by atoms with Gasteiger partial charge in [0, 0.05) is 21.8 Å². The molecule has 1 aromatic heterocycles. The Bertz CT molecular complexity index is 1220. The van der Waals surface area contributed by atoms with Gasteiger partial charge in [-0.05, 0) is 46.2 Å². The average Bonchev–Trinajstić information content (AvgIpc) is 3.05. The van der Waals surface area contributed by atoms with Crippen LogP contribution in [0.2, 0.25) is 0 Å². The van der Waals surface area contributed by atoms with Crippen molar-refractivity contribution in [1.82, 2.24) is 4.98 Å². The van der Waals surface area contributed by atoms with Crippen LogP contribution in [0.1, 0.15) is 17.2 Å². The van der Waals surface area contributed by atoms with Crippen LogP contribution in [0.5, 0.6) is 0 Å². The molecule has 2 heteroatoms. The summed E-state index contributed by atoms with van der Waals surface area (Å²) in [5, 5.41) is 4.93. The van der Waals surface area contributed by atoms with Gasteiger partial charge in [0.1, 0.15) is 0 Å². The molecular weight excluding hydrogens is 304 g/mol. The van der Waals surface area contributed by atoms with Crippen LogP contribution in [0, 0.1) is 0 Å². The molecule has 4 aromatic carbocycles. The van der Waals surface area contributed by atoms with E-state index in [4.69, 9.17) is 5.73 Å². The average molecular weight is 322 g/mol. The van der Waals surface area contributed by atoms with E-state index >= 15 is 0 Å². The molecule has 0 aliphatic rings. The molecule has 25 heavy (non-hydrogen) atoms. The molecule has 3 N–H and O–H groups in total. The molecule has 5 rings (SSSR count). The van der Waals surface area contributed by atoms with E-state index in [1.165, 1.54) is 21.5 Å². The van der Waals surface area contributed by atoms with Crippen molar-refractivity contribution in [2.24, 2.45) is 5.73 Å². The summed E-state index contributed by atoms with van der Waals surface area (Å²) < 4.78 is 0. The molecule has 0 amide bonds. The van der Waals surface area contributed by atoms with Crippen LogP contribution in [-0.4, -0.2) is 4.98 Å². The van der Waals surface area contributed by atoms with Crippen molar-refractivity contribution in [3.05, 3.63) is 96.1 Å². The van der Waals surface area contributed by atoms with Crippen LogP contribution < -0.4 is 5.73 Å². The number of aromatic nitrogens is 1. The SMILES string of the molecule is NC(c1ccc2ccccc2c1)c1ccc2[nH]c3ccccc3c2c1. The van der Waals surface area contributed by atoms with Crippen molar-refractivity contribution >= 4 is 32.6 Å². The molecule has 0 aliphatic carbocycles. The van der Waals surface area contributed by atoms with E-state index in [0.717, 1.165) is 22.2 Å². The van der Waals surface area contributed by atoms with Gasteiger partial charge in [0.05, 0.1) is 6.04 Å². The van der Waals surface area contributed by atoms with Crippen molar-refractivity contribution in [2.75, 3.05) is 0 Å². The quantitative estimate of drug-likeness (QED) is 0.441. The van der Waals surface area contributed by atoms with Gasteiger partial charge in [-0.15, -0.1) is 0 Å². The molecule has 0 aliphatic heterocycles. The Labute approximate surface area is 145 Å². The minimum atomic E-state index is -0.136. The predicted octanol–water partition coefficient (Wildman–Crippen LogP) is 5.52. The van der Waals surface area contributed by atoms with E-state index in [9.17, 15) is 0 Å². The first-order valence-corrected chi connectivity index (χ1v) is 8.54. The Morgan fingerprint density at radius 1 is 0.600 bits per heavy atom. The number of nitrogens with one attached hydrogen (secondary N) is 1. The zero-order valence-corrected chi connectivity index (χ0v) is 13.7. The third-order valence-corrected chi connectivity index (χ3v) is 5.02. The lowest BCUT2D eigenvalue weighted by molar-refractivity contribution is 0.875. The molecule has 120 valence electrons. The zero-order valence-electron chi connectivity index (χ0n) is 13.7. The first-order chi connectivity index (χ1) is 12.3. The van der Waals surface area contributed by atoms with Crippen LogP contribution in [0.15, 0.2) is 84.9 Å². The van der Waals surface area contributed by atoms with Crippen molar-refractivity contribution in [1.29, 1.82) is 0 Å². The lowest BCUT2D eigenvalue weighted by atomic mass is 9.96. The Morgan fingerprint density at radius 2 is 1.28 bits per heavy atom. The van der Waals surface area contributed by atoms with Crippen LogP contribution in [0.4, 0.5) is 0 Å². The molecule has 1 heterocycles. The Morgan fingerprint density at radius 3 is 2.20 bits per heavy atom. The van der Waals surface area contributed by atoms with E-state index in [1.54, 1.807) is 0 Å². The minimum absolute atomic E-state index is 0.136. The molecule has 1 unspecified atom stereocenters. The summed E-state index contributed by atoms with van der Waals surface area (Å²) in [5.74, 6) is 0. The number of hydrogen-bond acceptors (Lipinski definition) is 1. The van der Waals surface area contributed by atoms with Crippen LogP contribution in [-0.2, 0) is 0 Å². The van der Waals surface area contributed by atoms with E-state index in [2.05, 4.69) is 89.9 Å². The second kappa shape index (κ2) is 5.47. The maximum absolute atomic E-state index is 6.60. The summed E-state index contributed by atoms with van der Waals surface area (Å²) in [6, 6.07) is 29.6. The summed E-state index contributed by atoms with van der Waals surface area (Å²) in [6.07, 6.45) is 0. The Kier molecular flexibility index (Phi) is 3.12. The van der Waals surface area contributed by atoms with Crippen molar-refractivity contribution in [3.63, 3.8) is 0 Å².